The topological polar surface area (TPSA) is 61.8 Å². The Balaban J connectivity index is 0.00000300. The van der Waals surface area contributed by atoms with E-state index in [-0.39, 0.29) is 24.0 Å². The average Bonchev–Trinajstić information content (AvgIpc) is 3.26. The molecule has 1 atom stereocenters. The molecule has 1 fully saturated rings. The number of rotatable bonds is 8. The maximum Gasteiger partial charge on any atom is 0.191 e. The summed E-state index contributed by atoms with van der Waals surface area (Å²) in [7, 11) is 1.81. The number of piperidine rings is 1. The number of guanidine groups is 1. The van der Waals surface area contributed by atoms with Gasteiger partial charge in [-0.05, 0) is 55.4 Å². The first kappa shape index (κ1) is 23.9. The van der Waals surface area contributed by atoms with Crippen LogP contribution in [0, 0.1) is 5.92 Å². The van der Waals surface area contributed by atoms with E-state index < -0.39 is 0 Å². The van der Waals surface area contributed by atoms with Gasteiger partial charge in [0.1, 0.15) is 12.4 Å². The van der Waals surface area contributed by atoms with Gasteiger partial charge in [0.15, 0.2) is 5.96 Å². The zero-order chi connectivity index (χ0) is 19.6. The summed E-state index contributed by atoms with van der Waals surface area (Å²) in [5, 5.41) is 8.99. The number of nitrogens with zero attached hydrogens (tertiary/aromatic N) is 3. The molecule has 2 aromatic heterocycles. The van der Waals surface area contributed by atoms with Gasteiger partial charge in [-0.1, -0.05) is 13.0 Å². The van der Waals surface area contributed by atoms with E-state index in [9.17, 15) is 0 Å². The first-order valence-electron chi connectivity index (χ1n) is 10.0. The Hall–Kier alpha value is -1.39. The van der Waals surface area contributed by atoms with E-state index >= 15 is 0 Å². The van der Waals surface area contributed by atoms with E-state index in [0.29, 0.717) is 19.2 Å². The number of ether oxygens (including phenoxy) is 1. The minimum Gasteiger partial charge on any atom is -0.490 e. The number of thiophene rings is 1. The minimum absolute atomic E-state index is 0. The van der Waals surface area contributed by atoms with Crippen LogP contribution in [0.5, 0.6) is 5.75 Å². The highest BCUT2D eigenvalue weighted by molar-refractivity contribution is 14.0. The van der Waals surface area contributed by atoms with E-state index in [0.717, 1.165) is 37.3 Å². The summed E-state index contributed by atoms with van der Waals surface area (Å²) >= 11 is 1.84. The Kier molecular flexibility index (Phi) is 10.7. The second-order valence-electron chi connectivity index (χ2n) is 7.17. The van der Waals surface area contributed by atoms with Crippen LogP contribution in [0.15, 0.2) is 47.0 Å². The molecule has 0 aromatic carbocycles. The van der Waals surface area contributed by atoms with Crippen molar-refractivity contribution in [1.82, 2.24) is 20.5 Å². The molecule has 1 saturated heterocycles. The van der Waals surface area contributed by atoms with E-state index in [1.165, 1.54) is 17.7 Å². The van der Waals surface area contributed by atoms with E-state index in [4.69, 9.17) is 4.74 Å². The van der Waals surface area contributed by atoms with Gasteiger partial charge < -0.3 is 15.4 Å². The maximum atomic E-state index is 5.68. The Bertz CT molecular complexity index is 705. The lowest BCUT2D eigenvalue weighted by atomic mass is 9.97. The predicted octanol–water partition coefficient (Wildman–Crippen LogP) is 3.78. The summed E-state index contributed by atoms with van der Waals surface area (Å²) in [5.74, 6) is 2.42. The van der Waals surface area contributed by atoms with Crippen molar-refractivity contribution >= 4 is 41.3 Å². The van der Waals surface area contributed by atoms with Gasteiger partial charge in [0, 0.05) is 24.7 Å². The Morgan fingerprint density at radius 1 is 1.31 bits per heavy atom. The van der Waals surface area contributed by atoms with Gasteiger partial charge >= 0.3 is 0 Å². The Labute approximate surface area is 195 Å². The number of pyridine rings is 1. The molecular weight excluding hydrogens is 497 g/mol. The number of nitrogens with one attached hydrogen (secondary N) is 2. The predicted molar refractivity (Wildman–Crippen MR) is 132 cm³/mol. The van der Waals surface area contributed by atoms with E-state index in [1.807, 2.05) is 23.5 Å². The van der Waals surface area contributed by atoms with Crippen LogP contribution in [-0.4, -0.2) is 55.7 Å². The quantitative estimate of drug-likeness (QED) is 0.236. The lowest BCUT2D eigenvalue weighted by Gasteiger charge is -2.36. The SMILES string of the molecule is CN=C(NCCOc1cccnc1)NCC(c1cccs1)N1CCC(C)CC1.I. The van der Waals surface area contributed by atoms with Crippen LogP contribution in [0.2, 0.25) is 0 Å². The average molecular weight is 529 g/mol. The van der Waals surface area contributed by atoms with Gasteiger partial charge in [0.2, 0.25) is 0 Å². The molecule has 6 nitrogen and oxygen atoms in total. The smallest absolute Gasteiger partial charge is 0.191 e. The lowest BCUT2D eigenvalue weighted by molar-refractivity contribution is 0.140. The number of aromatic nitrogens is 1. The highest BCUT2D eigenvalue weighted by atomic mass is 127. The molecule has 29 heavy (non-hydrogen) atoms. The van der Waals surface area contributed by atoms with Crippen LogP contribution in [0.3, 0.4) is 0 Å². The van der Waals surface area contributed by atoms with Crippen molar-refractivity contribution in [3.05, 3.63) is 46.9 Å². The van der Waals surface area contributed by atoms with Crippen molar-refractivity contribution in [2.45, 2.75) is 25.8 Å². The molecule has 1 aliphatic heterocycles. The number of hydrogen-bond acceptors (Lipinski definition) is 5. The Morgan fingerprint density at radius 3 is 2.79 bits per heavy atom. The van der Waals surface area contributed by atoms with Crippen molar-refractivity contribution in [2.75, 3.05) is 39.8 Å². The van der Waals surface area contributed by atoms with Gasteiger partial charge in [0.25, 0.3) is 0 Å². The largest absolute Gasteiger partial charge is 0.490 e. The summed E-state index contributed by atoms with van der Waals surface area (Å²) < 4.78 is 5.68. The van der Waals surface area contributed by atoms with Gasteiger partial charge in [-0.2, -0.15) is 0 Å². The van der Waals surface area contributed by atoms with Crippen molar-refractivity contribution in [2.24, 2.45) is 10.9 Å². The normalized spacial score (nSPS) is 16.7. The number of likely N-dealkylation sites (tertiary alicyclic amines) is 1. The van der Waals surface area contributed by atoms with E-state index in [2.05, 4.69) is 49.9 Å². The van der Waals surface area contributed by atoms with Crippen LogP contribution < -0.4 is 15.4 Å². The molecule has 0 saturated carbocycles. The molecule has 3 heterocycles. The molecule has 3 rings (SSSR count). The highest BCUT2D eigenvalue weighted by Crippen LogP contribution is 2.29. The molecule has 0 spiro atoms. The standard InChI is InChI=1S/C21H31N5OS.HI/c1-17-7-11-26(12-8-17)19(20-6-4-14-28-20)16-25-21(22-2)24-10-13-27-18-5-3-9-23-15-18;/h3-6,9,14-15,17,19H,7-8,10-13,16H2,1-2H3,(H2,22,24,25);1H. The fraction of sp³-hybridized carbons (Fsp3) is 0.524. The number of aliphatic imine (C=N–C) groups is 1. The van der Waals surface area contributed by atoms with Gasteiger partial charge in [-0.25, -0.2) is 0 Å². The minimum atomic E-state index is 0. The first-order valence-corrected chi connectivity index (χ1v) is 10.9. The molecular formula is C21H32IN5OS. The molecule has 0 radical (unpaired) electrons. The number of hydrogen-bond donors (Lipinski definition) is 2. The molecule has 160 valence electrons. The van der Waals surface area contributed by atoms with Crippen LogP contribution in [0.4, 0.5) is 0 Å². The van der Waals surface area contributed by atoms with Crippen LogP contribution >= 0.6 is 35.3 Å². The zero-order valence-electron chi connectivity index (χ0n) is 17.2. The van der Waals surface area contributed by atoms with E-state index in [1.54, 1.807) is 19.4 Å². The molecule has 0 amide bonds. The third-order valence-corrected chi connectivity index (χ3v) is 6.09. The maximum absolute atomic E-state index is 5.68. The van der Waals surface area contributed by atoms with Gasteiger partial charge in [-0.15, -0.1) is 35.3 Å². The van der Waals surface area contributed by atoms with Crippen molar-refractivity contribution in [3.8, 4) is 5.75 Å². The fourth-order valence-electron chi connectivity index (χ4n) is 3.42. The molecule has 1 aliphatic rings. The van der Waals surface area contributed by atoms with Crippen molar-refractivity contribution in [3.63, 3.8) is 0 Å². The zero-order valence-corrected chi connectivity index (χ0v) is 20.4. The molecule has 2 N–H and O–H groups in total. The highest BCUT2D eigenvalue weighted by Gasteiger charge is 2.25. The molecule has 1 unspecified atom stereocenters. The lowest BCUT2D eigenvalue weighted by Crippen LogP contribution is -2.45. The van der Waals surface area contributed by atoms with Gasteiger partial charge in [0.05, 0.1) is 18.8 Å². The van der Waals surface area contributed by atoms with Gasteiger partial charge in [-0.3, -0.25) is 14.9 Å². The number of halogens is 1. The third kappa shape index (κ3) is 7.75. The summed E-state index contributed by atoms with van der Waals surface area (Å²) in [6.45, 7) is 6.77. The summed E-state index contributed by atoms with van der Waals surface area (Å²) in [6.07, 6.45) is 6.02. The summed E-state index contributed by atoms with van der Waals surface area (Å²) in [4.78, 5) is 12.4. The monoisotopic (exact) mass is 529 g/mol. The first-order chi connectivity index (χ1) is 13.8. The van der Waals surface area contributed by atoms with Crippen LogP contribution in [-0.2, 0) is 0 Å². The van der Waals surface area contributed by atoms with Crippen LogP contribution in [0.25, 0.3) is 0 Å². The fourth-order valence-corrected chi connectivity index (χ4v) is 4.28. The molecule has 0 bridgehead atoms. The molecule has 0 aliphatic carbocycles. The second-order valence-corrected chi connectivity index (χ2v) is 8.15. The molecule has 8 heteroatoms. The molecule has 2 aromatic rings. The van der Waals surface area contributed by atoms with Crippen LogP contribution in [0.1, 0.15) is 30.7 Å². The summed E-state index contributed by atoms with van der Waals surface area (Å²) in [5.41, 5.74) is 0. The summed E-state index contributed by atoms with van der Waals surface area (Å²) in [6, 6.07) is 8.55. The second kappa shape index (κ2) is 13.0. The van der Waals surface area contributed by atoms with Crippen molar-refractivity contribution in [1.29, 1.82) is 0 Å². The third-order valence-electron chi connectivity index (χ3n) is 5.11. The van der Waals surface area contributed by atoms with Crippen molar-refractivity contribution < 1.29 is 4.74 Å². The Morgan fingerprint density at radius 2 is 2.14 bits per heavy atom.